The summed E-state index contributed by atoms with van der Waals surface area (Å²) in [6, 6.07) is 5.97. The Balaban J connectivity index is 0.00000192. The van der Waals surface area contributed by atoms with Crippen LogP contribution in [0.2, 0.25) is 0 Å². The molecular formula is C16H23ClFN3O2. The monoisotopic (exact) mass is 343 g/mol. The predicted molar refractivity (Wildman–Crippen MR) is 88.2 cm³/mol. The summed E-state index contributed by atoms with van der Waals surface area (Å²) in [6.45, 7) is 5.64. The van der Waals surface area contributed by atoms with E-state index in [2.05, 4.69) is 10.2 Å². The quantitative estimate of drug-likeness (QED) is 0.891. The Labute approximate surface area is 142 Å². The van der Waals surface area contributed by atoms with Crippen LogP contribution >= 0.6 is 12.4 Å². The Hall–Kier alpha value is -1.21. The first-order chi connectivity index (χ1) is 10.8. The van der Waals surface area contributed by atoms with E-state index in [4.69, 9.17) is 4.74 Å². The minimum absolute atomic E-state index is 0. The van der Waals surface area contributed by atoms with Crippen LogP contribution in [0.1, 0.15) is 11.6 Å². The van der Waals surface area contributed by atoms with Gasteiger partial charge in [0.2, 0.25) is 5.91 Å². The van der Waals surface area contributed by atoms with Crippen LogP contribution in [0.3, 0.4) is 0 Å². The van der Waals surface area contributed by atoms with Crippen molar-refractivity contribution in [3.63, 3.8) is 0 Å². The number of hydrogen-bond acceptors (Lipinski definition) is 4. The number of nitrogens with zero attached hydrogens (tertiary/aromatic N) is 2. The van der Waals surface area contributed by atoms with Gasteiger partial charge in [0.25, 0.3) is 0 Å². The summed E-state index contributed by atoms with van der Waals surface area (Å²) in [6.07, 6.45) is 0. The lowest BCUT2D eigenvalue weighted by molar-refractivity contribution is -0.139. The van der Waals surface area contributed by atoms with Crippen molar-refractivity contribution in [3.8, 4) is 0 Å². The lowest BCUT2D eigenvalue weighted by Gasteiger charge is -2.38. The summed E-state index contributed by atoms with van der Waals surface area (Å²) < 4.78 is 19.0. The van der Waals surface area contributed by atoms with Crippen LogP contribution in [-0.2, 0) is 9.53 Å². The van der Waals surface area contributed by atoms with E-state index in [1.165, 1.54) is 12.1 Å². The predicted octanol–water partition coefficient (Wildman–Crippen LogP) is 1.05. The van der Waals surface area contributed by atoms with Gasteiger partial charge in [-0.05, 0) is 17.7 Å². The molecule has 5 nitrogen and oxygen atoms in total. The van der Waals surface area contributed by atoms with Gasteiger partial charge in [0.05, 0.1) is 13.2 Å². The fraction of sp³-hybridized carbons (Fsp3) is 0.562. The number of piperazine rings is 1. The summed E-state index contributed by atoms with van der Waals surface area (Å²) in [7, 11) is 0. The van der Waals surface area contributed by atoms with E-state index in [0.717, 1.165) is 18.7 Å². The lowest BCUT2D eigenvalue weighted by Crippen LogP contribution is -2.52. The van der Waals surface area contributed by atoms with Gasteiger partial charge in [-0.2, -0.15) is 0 Å². The molecule has 2 aliphatic rings. The van der Waals surface area contributed by atoms with E-state index in [0.29, 0.717) is 39.4 Å². The second-order valence-corrected chi connectivity index (χ2v) is 5.68. The molecule has 1 N–H and O–H groups in total. The molecule has 128 valence electrons. The SMILES string of the molecule is Cl.O=C(C(c1cccc(F)c1)N1CCOCC1)N1CCNCC1. The second-order valence-electron chi connectivity index (χ2n) is 5.68. The zero-order chi connectivity index (χ0) is 15.4. The molecule has 1 aromatic carbocycles. The molecule has 0 bridgehead atoms. The van der Waals surface area contributed by atoms with Gasteiger partial charge in [-0.3, -0.25) is 9.69 Å². The highest BCUT2D eigenvalue weighted by Gasteiger charge is 2.33. The Morgan fingerprint density at radius 2 is 1.87 bits per heavy atom. The average Bonchev–Trinajstić information content (AvgIpc) is 2.57. The molecule has 0 spiro atoms. The Morgan fingerprint density at radius 1 is 1.17 bits per heavy atom. The fourth-order valence-electron chi connectivity index (χ4n) is 3.08. The van der Waals surface area contributed by atoms with E-state index in [1.807, 2.05) is 11.0 Å². The summed E-state index contributed by atoms with van der Waals surface area (Å²) in [5.41, 5.74) is 0.727. The van der Waals surface area contributed by atoms with E-state index < -0.39 is 6.04 Å². The first-order valence-corrected chi connectivity index (χ1v) is 7.82. The largest absolute Gasteiger partial charge is 0.379 e. The van der Waals surface area contributed by atoms with Crippen LogP contribution in [0.5, 0.6) is 0 Å². The zero-order valence-electron chi connectivity index (χ0n) is 13.0. The Morgan fingerprint density at radius 3 is 2.52 bits per heavy atom. The van der Waals surface area contributed by atoms with Crippen LogP contribution in [0.25, 0.3) is 0 Å². The van der Waals surface area contributed by atoms with Crippen molar-refractivity contribution in [1.29, 1.82) is 0 Å². The highest BCUT2D eigenvalue weighted by Crippen LogP contribution is 2.25. The van der Waals surface area contributed by atoms with Gasteiger partial charge in [-0.1, -0.05) is 12.1 Å². The third-order valence-corrected chi connectivity index (χ3v) is 4.24. The summed E-state index contributed by atoms with van der Waals surface area (Å²) in [4.78, 5) is 17.0. The number of morpholine rings is 1. The van der Waals surface area contributed by atoms with Gasteiger partial charge in [-0.25, -0.2) is 4.39 Å². The van der Waals surface area contributed by atoms with Gasteiger partial charge in [-0.15, -0.1) is 12.4 Å². The highest BCUT2D eigenvalue weighted by atomic mass is 35.5. The van der Waals surface area contributed by atoms with E-state index in [1.54, 1.807) is 6.07 Å². The molecule has 1 amide bonds. The molecule has 23 heavy (non-hydrogen) atoms. The average molecular weight is 344 g/mol. The summed E-state index contributed by atoms with van der Waals surface area (Å²) in [5.74, 6) is -0.238. The van der Waals surface area contributed by atoms with Crippen molar-refractivity contribution in [2.45, 2.75) is 6.04 Å². The Bertz CT molecular complexity index is 520. The number of carbonyl (C=O) groups is 1. The maximum atomic E-state index is 13.6. The van der Waals surface area contributed by atoms with Crippen molar-refractivity contribution in [2.75, 3.05) is 52.5 Å². The van der Waals surface area contributed by atoms with Gasteiger partial charge < -0.3 is 15.0 Å². The van der Waals surface area contributed by atoms with Gasteiger partial charge in [0, 0.05) is 39.3 Å². The molecule has 2 saturated heterocycles. The van der Waals surface area contributed by atoms with Crippen LogP contribution in [0.15, 0.2) is 24.3 Å². The van der Waals surface area contributed by atoms with Gasteiger partial charge in [0.15, 0.2) is 0 Å². The number of benzene rings is 1. The van der Waals surface area contributed by atoms with Crippen LogP contribution in [0, 0.1) is 5.82 Å². The molecule has 3 rings (SSSR count). The molecule has 0 aromatic heterocycles. The van der Waals surface area contributed by atoms with Gasteiger partial charge in [0.1, 0.15) is 11.9 Å². The number of halogens is 2. The van der Waals surface area contributed by atoms with Gasteiger partial charge >= 0.3 is 0 Å². The number of hydrogen-bond donors (Lipinski definition) is 1. The van der Waals surface area contributed by atoms with E-state index >= 15 is 0 Å². The number of nitrogens with one attached hydrogen (secondary N) is 1. The molecule has 2 fully saturated rings. The number of carbonyl (C=O) groups excluding carboxylic acids is 1. The van der Waals surface area contributed by atoms with Crippen molar-refractivity contribution in [1.82, 2.24) is 15.1 Å². The van der Waals surface area contributed by atoms with Crippen molar-refractivity contribution < 1.29 is 13.9 Å². The molecule has 2 heterocycles. The molecular weight excluding hydrogens is 321 g/mol. The van der Waals surface area contributed by atoms with Crippen LogP contribution in [-0.4, -0.2) is 68.2 Å². The maximum absolute atomic E-state index is 13.6. The minimum Gasteiger partial charge on any atom is -0.379 e. The zero-order valence-corrected chi connectivity index (χ0v) is 13.9. The first kappa shape index (κ1) is 18.1. The van der Waals surface area contributed by atoms with Crippen molar-refractivity contribution >= 4 is 18.3 Å². The number of amides is 1. The topological polar surface area (TPSA) is 44.8 Å². The minimum atomic E-state index is -0.419. The highest BCUT2D eigenvalue weighted by molar-refractivity contribution is 5.85. The molecule has 2 aliphatic heterocycles. The van der Waals surface area contributed by atoms with Crippen molar-refractivity contribution in [2.24, 2.45) is 0 Å². The normalized spacial score (nSPS) is 20.7. The molecule has 1 atom stereocenters. The standard InChI is InChI=1S/C16H22FN3O2.ClH/c17-14-3-1-2-13(12-14)15(19-8-10-22-11-9-19)16(21)20-6-4-18-5-7-20;/h1-3,12,15,18H,4-11H2;1H. The van der Waals surface area contributed by atoms with Crippen molar-refractivity contribution in [3.05, 3.63) is 35.6 Å². The van der Waals surface area contributed by atoms with Crippen LogP contribution < -0.4 is 5.32 Å². The molecule has 7 heteroatoms. The molecule has 0 saturated carbocycles. The van der Waals surface area contributed by atoms with Crippen LogP contribution in [0.4, 0.5) is 4.39 Å². The third-order valence-electron chi connectivity index (χ3n) is 4.24. The van der Waals surface area contributed by atoms with E-state index in [-0.39, 0.29) is 24.1 Å². The lowest BCUT2D eigenvalue weighted by atomic mass is 10.0. The molecule has 0 radical (unpaired) electrons. The Kier molecular flexibility index (Phi) is 6.77. The summed E-state index contributed by atoms with van der Waals surface area (Å²) in [5, 5.41) is 3.25. The number of rotatable bonds is 3. The smallest absolute Gasteiger partial charge is 0.244 e. The van der Waals surface area contributed by atoms with E-state index in [9.17, 15) is 9.18 Å². The fourth-order valence-corrected chi connectivity index (χ4v) is 3.08. The third kappa shape index (κ3) is 4.41. The second kappa shape index (κ2) is 8.59. The molecule has 1 unspecified atom stereocenters. The molecule has 1 aromatic rings. The maximum Gasteiger partial charge on any atom is 0.244 e. The summed E-state index contributed by atoms with van der Waals surface area (Å²) >= 11 is 0. The molecule has 0 aliphatic carbocycles. The first-order valence-electron chi connectivity index (χ1n) is 7.82. The number of ether oxygens (including phenoxy) is 1.